The van der Waals surface area contributed by atoms with E-state index in [0.717, 1.165) is 0 Å². The molecule has 1 aliphatic rings. The second-order valence-electron chi connectivity index (χ2n) is 5.26. The third-order valence-electron chi connectivity index (χ3n) is 3.09. The zero-order valence-electron chi connectivity index (χ0n) is 13.0. The van der Waals surface area contributed by atoms with Crippen molar-refractivity contribution >= 4 is 17.6 Å². The Labute approximate surface area is 129 Å². The summed E-state index contributed by atoms with van der Waals surface area (Å²) in [5.41, 5.74) is 0.711. The SMILES string of the molecule is CC(=O)N(CCNC(=O)NC(C)C)c1ccc2c(c1)OCO2. The fraction of sp³-hybridized carbons (Fsp3) is 0.467. The van der Waals surface area contributed by atoms with Gasteiger partial charge in [-0.3, -0.25) is 4.79 Å². The van der Waals surface area contributed by atoms with E-state index in [9.17, 15) is 9.59 Å². The summed E-state index contributed by atoms with van der Waals surface area (Å²) >= 11 is 0. The molecule has 7 heteroatoms. The predicted molar refractivity (Wildman–Crippen MR) is 82.3 cm³/mol. The quantitative estimate of drug-likeness (QED) is 0.863. The Morgan fingerprint density at radius 1 is 1.27 bits per heavy atom. The lowest BCUT2D eigenvalue weighted by atomic mass is 10.2. The van der Waals surface area contributed by atoms with E-state index in [1.807, 2.05) is 13.8 Å². The number of benzene rings is 1. The molecule has 0 bridgehead atoms. The maximum atomic E-state index is 11.8. The Morgan fingerprint density at radius 2 is 2.00 bits per heavy atom. The van der Waals surface area contributed by atoms with Crippen LogP contribution in [0.3, 0.4) is 0 Å². The van der Waals surface area contributed by atoms with E-state index >= 15 is 0 Å². The van der Waals surface area contributed by atoms with Crippen molar-refractivity contribution in [2.24, 2.45) is 0 Å². The number of amides is 3. The monoisotopic (exact) mass is 307 g/mol. The smallest absolute Gasteiger partial charge is 0.315 e. The normalized spacial score (nSPS) is 12.2. The van der Waals surface area contributed by atoms with Gasteiger partial charge in [0.2, 0.25) is 12.7 Å². The summed E-state index contributed by atoms with van der Waals surface area (Å²) in [6.45, 7) is 6.17. The maximum Gasteiger partial charge on any atom is 0.315 e. The Hall–Kier alpha value is -2.44. The topological polar surface area (TPSA) is 79.9 Å². The van der Waals surface area contributed by atoms with Gasteiger partial charge in [-0.2, -0.15) is 0 Å². The fourth-order valence-corrected chi connectivity index (χ4v) is 2.12. The van der Waals surface area contributed by atoms with Crippen LogP contribution in [0.1, 0.15) is 20.8 Å². The number of hydrogen-bond donors (Lipinski definition) is 2. The van der Waals surface area contributed by atoms with Gasteiger partial charge in [-0.05, 0) is 26.0 Å². The van der Waals surface area contributed by atoms with E-state index in [1.165, 1.54) is 6.92 Å². The molecule has 0 aliphatic carbocycles. The zero-order chi connectivity index (χ0) is 16.1. The molecule has 1 heterocycles. The number of nitrogens with zero attached hydrogens (tertiary/aromatic N) is 1. The van der Waals surface area contributed by atoms with Gasteiger partial charge in [-0.25, -0.2) is 4.79 Å². The van der Waals surface area contributed by atoms with Crippen LogP contribution in [0.2, 0.25) is 0 Å². The Morgan fingerprint density at radius 3 is 2.68 bits per heavy atom. The molecule has 2 N–H and O–H groups in total. The van der Waals surface area contributed by atoms with Crippen LogP contribution in [0.25, 0.3) is 0 Å². The van der Waals surface area contributed by atoms with Crippen molar-refractivity contribution in [3.63, 3.8) is 0 Å². The van der Waals surface area contributed by atoms with Gasteiger partial charge < -0.3 is 25.0 Å². The number of rotatable bonds is 5. The van der Waals surface area contributed by atoms with Crippen LogP contribution in [0.5, 0.6) is 11.5 Å². The molecule has 0 atom stereocenters. The van der Waals surface area contributed by atoms with Crippen molar-refractivity contribution in [1.29, 1.82) is 0 Å². The van der Waals surface area contributed by atoms with Gasteiger partial charge in [-0.1, -0.05) is 0 Å². The lowest BCUT2D eigenvalue weighted by Crippen LogP contribution is -2.43. The number of hydrogen-bond acceptors (Lipinski definition) is 4. The first kappa shape index (κ1) is 15.9. The number of ether oxygens (including phenoxy) is 2. The molecular formula is C15H21N3O4. The molecule has 0 radical (unpaired) electrons. The lowest BCUT2D eigenvalue weighted by Gasteiger charge is -2.22. The van der Waals surface area contributed by atoms with Crippen molar-refractivity contribution < 1.29 is 19.1 Å². The molecule has 7 nitrogen and oxygen atoms in total. The number of carbonyl (C=O) groups excluding carboxylic acids is 2. The van der Waals surface area contributed by atoms with E-state index in [-0.39, 0.29) is 24.8 Å². The highest BCUT2D eigenvalue weighted by Crippen LogP contribution is 2.35. The highest BCUT2D eigenvalue weighted by Gasteiger charge is 2.18. The molecular weight excluding hydrogens is 286 g/mol. The first-order valence-corrected chi connectivity index (χ1v) is 7.19. The van der Waals surface area contributed by atoms with E-state index in [2.05, 4.69) is 10.6 Å². The summed E-state index contributed by atoms with van der Waals surface area (Å²) in [6.07, 6.45) is 0. The standard InChI is InChI=1S/C15H21N3O4/c1-10(2)17-15(20)16-6-7-18(11(3)19)12-4-5-13-14(8-12)22-9-21-13/h4-5,8,10H,6-7,9H2,1-3H3,(H2,16,17,20). The Bertz CT molecular complexity index is 560. The number of fused-ring (bicyclic) bond motifs is 1. The fourth-order valence-electron chi connectivity index (χ4n) is 2.12. The van der Waals surface area contributed by atoms with E-state index in [0.29, 0.717) is 30.3 Å². The molecule has 0 saturated heterocycles. The summed E-state index contributed by atoms with van der Waals surface area (Å²) in [5, 5.41) is 5.45. The van der Waals surface area contributed by atoms with Crippen LogP contribution in [-0.2, 0) is 4.79 Å². The van der Waals surface area contributed by atoms with E-state index in [4.69, 9.17) is 9.47 Å². The molecule has 0 unspecified atom stereocenters. The minimum Gasteiger partial charge on any atom is -0.454 e. The summed E-state index contributed by atoms with van der Waals surface area (Å²) in [6, 6.07) is 5.15. The van der Waals surface area contributed by atoms with Crippen LogP contribution >= 0.6 is 0 Å². The molecule has 1 aromatic carbocycles. The minimum absolute atomic E-state index is 0.0674. The number of anilines is 1. The molecule has 0 saturated carbocycles. The van der Waals surface area contributed by atoms with Gasteiger partial charge in [0.25, 0.3) is 0 Å². The van der Waals surface area contributed by atoms with Crippen molar-refractivity contribution in [2.45, 2.75) is 26.8 Å². The molecule has 0 fully saturated rings. The van der Waals surface area contributed by atoms with Gasteiger partial charge in [0.15, 0.2) is 11.5 Å². The van der Waals surface area contributed by atoms with Crippen LogP contribution in [0.15, 0.2) is 18.2 Å². The van der Waals surface area contributed by atoms with Gasteiger partial charge in [0.05, 0.1) is 0 Å². The molecule has 0 spiro atoms. The number of nitrogens with one attached hydrogen (secondary N) is 2. The molecule has 22 heavy (non-hydrogen) atoms. The Kier molecular flexibility index (Phi) is 5.08. The van der Waals surface area contributed by atoms with Crippen molar-refractivity contribution in [3.8, 4) is 11.5 Å². The minimum atomic E-state index is -0.246. The highest BCUT2D eigenvalue weighted by molar-refractivity contribution is 5.92. The molecule has 3 amide bonds. The van der Waals surface area contributed by atoms with Crippen molar-refractivity contribution in [3.05, 3.63) is 18.2 Å². The third kappa shape index (κ3) is 4.03. The van der Waals surface area contributed by atoms with Crippen molar-refractivity contribution in [2.75, 3.05) is 24.8 Å². The average Bonchev–Trinajstić information content (AvgIpc) is 2.89. The second kappa shape index (κ2) is 7.02. The first-order valence-electron chi connectivity index (χ1n) is 7.19. The van der Waals surface area contributed by atoms with Crippen LogP contribution in [-0.4, -0.2) is 37.9 Å². The lowest BCUT2D eigenvalue weighted by molar-refractivity contribution is -0.116. The molecule has 0 aromatic heterocycles. The number of urea groups is 1. The molecule has 1 aromatic rings. The number of carbonyl (C=O) groups is 2. The van der Waals surface area contributed by atoms with E-state index in [1.54, 1.807) is 23.1 Å². The summed E-state index contributed by atoms with van der Waals surface area (Å²) in [4.78, 5) is 24.9. The van der Waals surface area contributed by atoms with Crippen LogP contribution in [0, 0.1) is 0 Å². The van der Waals surface area contributed by atoms with E-state index < -0.39 is 0 Å². The van der Waals surface area contributed by atoms with Gasteiger partial charge in [0, 0.05) is 37.8 Å². The predicted octanol–water partition coefficient (Wildman–Crippen LogP) is 1.48. The molecule has 1 aliphatic heterocycles. The molecule has 2 rings (SSSR count). The molecule has 120 valence electrons. The average molecular weight is 307 g/mol. The zero-order valence-corrected chi connectivity index (χ0v) is 13.0. The summed E-state index contributed by atoms with van der Waals surface area (Å²) in [5.74, 6) is 1.18. The highest BCUT2D eigenvalue weighted by atomic mass is 16.7. The Balaban J connectivity index is 1.96. The largest absolute Gasteiger partial charge is 0.454 e. The summed E-state index contributed by atoms with van der Waals surface area (Å²) < 4.78 is 10.6. The van der Waals surface area contributed by atoms with Gasteiger partial charge >= 0.3 is 6.03 Å². The van der Waals surface area contributed by atoms with Gasteiger partial charge in [-0.15, -0.1) is 0 Å². The second-order valence-corrected chi connectivity index (χ2v) is 5.26. The summed E-state index contributed by atoms with van der Waals surface area (Å²) in [7, 11) is 0. The van der Waals surface area contributed by atoms with Crippen molar-refractivity contribution in [1.82, 2.24) is 10.6 Å². The first-order chi connectivity index (χ1) is 10.5. The van der Waals surface area contributed by atoms with Gasteiger partial charge in [0.1, 0.15) is 0 Å². The third-order valence-corrected chi connectivity index (χ3v) is 3.09. The van der Waals surface area contributed by atoms with Crippen LogP contribution in [0.4, 0.5) is 10.5 Å². The maximum absolute atomic E-state index is 11.8. The van der Waals surface area contributed by atoms with Crippen LogP contribution < -0.4 is 25.0 Å².